The molecule has 7 heteroatoms. The minimum Gasteiger partial charge on any atom is -0.480 e. The van der Waals surface area contributed by atoms with E-state index in [1.165, 1.54) is 0 Å². The van der Waals surface area contributed by atoms with E-state index in [1.807, 2.05) is 13.8 Å². The molecule has 20 heavy (non-hydrogen) atoms. The Bertz CT molecular complexity index is 456. The lowest BCUT2D eigenvalue weighted by molar-refractivity contribution is -0.138. The largest absolute Gasteiger partial charge is 0.480 e. The Balaban J connectivity index is 2.41. The van der Waals surface area contributed by atoms with Crippen molar-refractivity contribution >= 4 is 17.7 Å². The Morgan fingerprint density at radius 2 is 2.20 bits per heavy atom. The summed E-state index contributed by atoms with van der Waals surface area (Å²) >= 11 is 0. The third kappa shape index (κ3) is 6.33. The first kappa shape index (κ1) is 16.2. The molecule has 1 aromatic rings. The lowest BCUT2D eigenvalue weighted by Crippen LogP contribution is -2.35. The van der Waals surface area contributed by atoms with Gasteiger partial charge in [0, 0.05) is 25.6 Å². The number of aryl methyl sites for hydroxylation is 1. The monoisotopic (exact) mass is 283 g/mol. The van der Waals surface area contributed by atoms with Crippen molar-refractivity contribution in [1.29, 1.82) is 0 Å². The molecule has 1 amide bonds. The van der Waals surface area contributed by atoms with Crippen LogP contribution in [0.1, 0.15) is 26.0 Å². The lowest BCUT2D eigenvalue weighted by Gasteiger charge is -2.21. The maximum absolute atomic E-state index is 11.7. The molecule has 1 heterocycles. The third-order valence-corrected chi connectivity index (χ3v) is 2.53. The van der Waals surface area contributed by atoms with Gasteiger partial charge >= 0.3 is 5.97 Å². The second kappa shape index (κ2) is 7.64. The summed E-state index contributed by atoms with van der Waals surface area (Å²) in [5.74, 6) is 0.236. The van der Waals surface area contributed by atoms with Gasteiger partial charge in [-0.15, -0.1) is 0 Å². The number of carboxylic acids is 1. The van der Waals surface area contributed by atoms with Crippen LogP contribution in [0.2, 0.25) is 0 Å². The van der Waals surface area contributed by atoms with Gasteiger partial charge in [0.2, 0.25) is 5.91 Å². The van der Waals surface area contributed by atoms with Gasteiger partial charge in [-0.25, -0.2) is 0 Å². The SMILES string of the molecule is Cc1cc(NC(=O)CCN(CC(=O)O)CC(C)C)no1. The highest BCUT2D eigenvalue weighted by atomic mass is 16.5. The molecule has 0 spiro atoms. The van der Waals surface area contributed by atoms with Crippen molar-refractivity contribution in [2.75, 3.05) is 25.0 Å². The van der Waals surface area contributed by atoms with Gasteiger partial charge < -0.3 is 14.9 Å². The fraction of sp³-hybridized carbons (Fsp3) is 0.615. The second-order valence-corrected chi connectivity index (χ2v) is 5.14. The maximum atomic E-state index is 11.7. The molecule has 0 saturated carbocycles. The minimum absolute atomic E-state index is 0.0610. The molecule has 0 fully saturated rings. The maximum Gasteiger partial charge on any atom is 0.317 e. The van der Waals surface area contributed by atoms with Crippen LogP contribution >= 0.6 is 0 Å². The Labute approximate surface area is 117 Å². The van der Waals surface area contributed by atoms with Gasteiger partial charge in [-0.2, -0.15) is 0 Å². The summed E-state index contributed by atoms with van der Waals surface area (Å²) < 4.78 is 4.84. The normalized spacial score (nSPS) is 11.1. The Kier molecular flexibility index (Phi) is 6.17. The number of nitrogens with one attached hydrogen (secondary N) is 1. The van der Waals surface area contributed by atoms with E-state index in [0.29, 0.717) is 30.6 Å². The smallest absolute Gasteiger partial charge is 0.317 e. The van der Waals surface area contributed by atoms with E-state index in [-0.39, 0.29) is 18.9 Å². The van der Waals surface area contributed by atoms with E-state index < -0.39 is 5.97 Å². The molecular formula is C13H21N3O4. The van der Waals surface area contributed by atoms with Gasteiger partial charge in [0.05, 0.1) is 6.54 Å². The molecule has 0 unspecified atom stereocenters. The number of nitrogens with zero attached hydrogens (tertiary/aromatic N) is 2. The van der Waals surface area contributed by atoms with Gasteiger partial charge in [0.15, 0.2) is 5.82 Å². The molecule has 0 radical (unpaired) electrons. The van der Waals surface area contributed by atoms with Crippen molar-refractivity contribution in [3.05, 3.63) is 11.8 Å². The number of amides is 1. The minimum atomic E-state index is -0.891. The Morgan fingerprint density at radius 3 is 2.70 bits per heavy atom. The molecule has 2 N–H and O–H groups in total. The molecule has 0 bridgehead atoms. The van der Waals surface area contributed by atoms with Crippen LogP contribution in [-0.4, -0.2) is 46.7 Å². The second-order valence-electron chi connectivity index (χ2n) is 5.14. The van der Waals surface area contributed by atoms with Crippen molar-refractivity contribution < 1.29 is 19.2 Å². The molecule has 7 nitrogen and oxygen atoms in total. The fourth-order valence-corrected chi connectivity index (χ4v) is 1.83. The molecule has 0 aliphatic rings. The van der Waals surface area contributed by atoms with Crippen molar-refractivity contribution in [2.45, 2.75) is 27.2 Å². The van der Waals surface area contributed by atoms with Crippen LogP contribution in [0.3, 0.4) is 0 Å². The third-order valence-electron chi connectivity index (χ3n) is 2.53. The van der Waals surface area contributed by atoms with Crippen molar-refractivity contribution in [2.24, 2.45) is 5.92 Å². The summed E-state index contributed by atoms with van der Waals surface area (Å²) in [6.45, 7) is 6.73. The van der Waals surface area contributed by atoms with Crippen molar-refractivity contribution in [3.63, 3.8) is 0 Å². The van der Waals surface area contributed by atoms with Crippen LogP contribution in [0.25, 0.3) is 0 Å². The molecule has 0 aromatic carbocycles. The van der Waals surface area contributed by atoms with E-state index in [4.69, 9.17) is 9.63 Å². The van der Waals surface area contributed by atoms with Crippen LogP contribution in [0.4, 0.5) is 5.82 Å². The van der Waals surface area contributed by atoms with E-state index in [0.717, 1.165) is 0 Å². The van der Waals surface area contributed by atoms with E-state index >= 15 is 0 Å². The predicted molar refractivity (Wildman–Crippen MR) is 73.4 cm³/mol. The molecular weight excluding hydrogens is 262 g/mol. The molecule has 0 aliphatic carbocycles. The Hall–Kier alpha value is -1.89. The van der Waals surface area contributed by atoms with Crippen LogP contribution < -0.4 is 5.32 Å². The van der Waals surface area contributed by atoms with Crippen LogP contribution in [-0.2, 0) is 9.59 Å². The Morgan fingerprint density at radius 1 is 1.50 bits per heavy atom. The summed E-state index contributed by atoms with van der Waals surface area (Å²) in [4.78, 5) is 24.2. The predicted octanol–water partition coefficient (Wildman–Crippen LogP) is 1.35. The molecule has 1 rings (SSSR count). The molecule has 112 valence electrons. The number of carbonyl (C=O) groups excluding carboxylic acids is 1. The summed E-state index contributed by atoms with van der Waals surface area (Å²) in [6.07, 6.45) is 0.214. The quantitative estimate of drug-likeness (QED) is 0.747. The van der Waals surface area contributed by atoms with Gasteiger partial charge in [-0.05, 0) is 12.8 Å². The van der Waals surface area contributed by atoms with Crippen LogP contribution in [0, 0.1) is 12.8 Å². The van der Waals surface area contributed by atoms with Gasteiger partial charge in [-0.3, -0.25) is 14.5 Å². The average molecular weight is 283 g/mol. The zero-order valence-corrected chi connectivity index (χ0v) is 12.0. The number of rotatable bonds is 8. The number of carboxylic acid groups (broad SMARTS) is 1. The van der Waals surface area contributed by atoms with Gasteiger partial charge in [0.25, 0.3) is 0 Å². The fourth-order valence-electron chi connectivity index (χ4n) is 1.83. The number of hydrogen-bond donors (Lipinski definition) is 2. The first-order valence-electron chi connectivity index (χ1n) is 6.54. The molecule has 0 atom stereocenters. The highest BCUT2D eigenvalue weighted by Gasteiger charge is 2.14. The average Bonchev–Trinajstić information content (AvgIpc) is 2.70. The highest BCUT2D eigenvalue weighted by Crippen LogP contribution is 2.07. The highest BCUT2D eigenvalue weighted by molar-refractivity contribution is 5.89. The number of hydrogen-bond acceptors (Lipinski definition) is 5. The number of anilines is 1. The van der Waals surface area contributed by atoms with Gasteiger partial charge in [0.1, 0.15) is 5.76 Å². The van der Waals surface area contributed by atoms with E-state index in [2.05, 4.69) is 10.5 Å². The zero-order valence-electron chi connectivity index (χ0n) is 12.0. The summed E-state index contributed by atoms with van der Waals surface area (Å²) in [6, 6.07) is 1.63. The summed E-state index contributed by atoms with van der Waals surface area (Å²) in [7, 11) is 0. The molecule has 0 aliphatic heterocycles. The first-order valence-corrected chi connectivity index (χ1v) is 6.54. The van der Waals surface area contributed by atoms with E-state index in [1.54, 1.807) is 17.9 Å². The number of aromatic nitrogens is 1. The van der Waals surface area contributed by atoms with Gasteiger partial charge in [-0.1, -0.05) is 19.0 Å². The first-order chi connectivity index (χ1) is 9.36. The summed E-state index contributed by atoms with van der Waals surface area (Å²) in [5.41, 5.74) is 0. The summed E-state index contributed by atoms with van der Waals surface area (Å²) in [5, 5.41) is 15.1. The molecule has 1 aromatic heterocycles. The van der Waals surface area contributed by atoms with Crippen LogP contribution in [0.5, 0.6) is 0 Å². The van der Waals surface area contributed by atoms with E-state index in [9.17, 15) is 9.59 Å². The number of aliphatic carboxylic acids is 1. The number of carbonyl (C=O) groups is 2. The van der Waals surface area contributed by atoms with Crippen LogP contribution in [0.15, 0.2) is 10.6 Å². The topological polar surface area (TPSA) is 95.7 Å². The zero-order chi connectivity index (χ0) is 15.1. The lowest BCUT2D eigenvalue weighted by atomic mass is 10.2. The standard InChI is InChI=1S/C13H21N3O4/c1-9(2)7-16(8-13(18)19)5-4-12(17)14-11-6-10(3)20-15-11/h6,9H,4-5,7-8H2,1-3H3,(H,18,19)(H,14,15,17). The molecule has 0 saturated heterocycles. The van der Waals surface area contributed by atoms with Crippen molar-refractivity contribution in [1.82, 2.24) is 10.1 Å². The van der Waals surface area contributed by atoms with Crippen molar-refractivity contribution in [3.8, 4) is 0 Å².